The topological polar surface area (TPSA) is 32.3 Å². The molecule has 3 heterocycles. The number of nitrogens with zero attached hydrogens (tertiary/aromatic N) is 4. The lowest BCUT2D eigenvalue weighted by Crippen LogP contribution is -2.61. The molecule has 0 N–H and O–H groups in total. The Morgan fingerprint density at radius 1 is 0.333 bits per heavy atom. The lowest BCUT2D eigenvalue weighted by Gasteiger charge is -2.45. The Hall–Kier alpha value is -8.54. The first kappa shape index (κ1) is 50.7. The van der Waals surface area contributed by atoms with Crippen LogP contribution in [-0.4, -0.2) is 16.7 Å². The zero-order chi connectivity index (χ0) is 56.1. The second kappa shape index (κ2) is 18.0. The van der Waals surface area contributed by atoms with Gasteiger partial charge in [-0.2, -0.15) is 0 Å². The average molecular weight is 1050 g/mol. The maximum atomic E-state index is 5.83. The quantitative estimate of drug-likeness (QED) is 0.130. The minimum absolute atomic E-state index is 0.0270. The Morgan fingerprint density at radius 3 is 1.20 bits per heavy atom. The number of hydrogen-bond donors (Lipinski definition) is 0. The molecule has 0 saturated carbocycles. The van der Waals surface area contributed by atoms with Crippen LogP contribution in [0.2, 0.25) is 0 Å². The molecule has 2 aliphatic rings. The summed E-state index contributed by atoms with van der Waals surface area (Å²) in [6.45, 7) is 27.5. The minimum Gasteiger partial charge on any atom is -0.311 e. The summed E-state index contributed by atoms with van der Waals surface area (Å²) in [7, 11) is 0. The molecule has 0 aliphatic carbocycles. The van der Waals surface area contributed by atoms with Crippen LogP contribution in [0.15, 0.2) is 200 Å². The van der Waals surface area contributed by atoms with Gasteiger partial charge in [0.15, 0.2) is 5.82 Å². The molecule has 0 atom stereocenters. The number of benzene rings is 11. The van der Waals surface area contributed by atoms with Crippen molar-refractivity contribution in [1.29, 1.82) is 0 Å². The maximum absolute atomic E-state index is 5.83. The van der Waals surface area contributed by atoms with Crippen LogP contribution >= 0.6 is 0 Å². The molecule has 396 valence electrons. The summed E-state index contributed by atoms with van der Waals surface area (Å²) in [5.74, 6) is 0.722. The molecule has 14 rings (SSSR count). The van der Waals surface area contributed by atoms with Gasteiger partial charge in [-0.05, 0) is 171 Å². The molecule has 0 amide bonds. The summed E-state index contributed by atoms with van der Waals surface area (Å²) in [5.41, 5.74) is 19.5. The van der Waals surface area contributed by atoms with Gasteiger partial charge < -0.3 is 9.80 Å². The maximum Gasteiger partial charge on any atom is 0.252 e. The van der Waals surface area contributed by atoms with E-state index in [4.69, 9.17) is 9.97 Å². The van der Waals surface area contributed by atoms with E-state index in [9.17, 15) is 0 Å². The molecule has 0 unspecified atom stereocenters. The highest BCUT2D eigenvalue weighted by molar-refractivity contribution is 7.00. The van der Waals surface area contributed by atoms with Crippen molar-refractivity contribution in [2.24, 2.45) is 0 Å². The Bertz CT molecular complexity index is 4320. The Labute approximate surface area is 478 Å². The van der Waals surface area contributed by atoms with E-state index in [1.807, 2.05) is 0 Å². The van der Waals surface area contributed by atoms with Gasteiger partial charge in [0.1, 0.15) is 0 Å². The van der Waals surface area contributed by atoms with Gasteiger partial charge in [-0.15, -0.1) is 0 Å². The van der Waals surface area contributed by atoms with Gasteiger partial charge in [0.25, 0.3) is 6.71 Å². The van der Waals surface area contributed by atoms with Crippen LogP contribution in [0.5, 0.6) is 0 Å². The van der Waals surface area contributed by atoms with Crippen LogP contribution < -0.4 is 26.2 Å². The fourth-order valence-corrected chi connectivity index (χ4v) is 12.9. The van der Waals surface area contributed by atoms with Crippen LogP contribution in [0.3, 0.4) is 0 Å². The van der Waals surface area contributed by atoms with Gasteiger partial charge in [0.05, 0.1) is 11.2 Å². The molecule has 1 aromatic heterocycles. The lowest BCUT2D eigenvalue weighted by molar-refractivity contribution is 0.569. The molecule has 0 bridgehead atoms. The Morgan fingerprint density at radius 2 is 0.753 bits per heavy atom. The van der Waals surface area contributed by atoms with Crippen molar-refractivity contribution in [2.75, 3.05) is 9.80 Å². The number of anilines is 6. The van der Waals surface area contributed by atoms with Gasteiger partial charge in [-0.1, -0.05) is 204 Å². The van der Waals surface area contributed by atoms with Crippen molar-refractivity contribution in [3.8, 4) is 22.6 Å². The third kappa shape index (κ3) is 8.41. The van der Waals surface area contributed by atoms with Gasteiger partial charge in [-0.3, -0.25) is 0 Å². The molecular weight excluding hydrogens is 980 g/mol. The summed E-state index contributed by atoms with van der Waals surface area (Å²) in [6, 6.07) is 76.3. The summed E-state index contributed by atoms with van der Waals surface area (Å²) in [4.78, 5) is 16.5. The number of para-hydroxylation sites is 1. The first-order valence-electron chi connectivity index (χ1n) is 29.0. The number of hydrogen-bond acceptors (Lipinski definition) is 4. The zero-order valence-corrected chi connectivity index (χ0v) is 48.9. The molecule has 0 fully saturated rings. The van der Waals surface area contributed by atoms with E-state index in [1.54, 1.807) is 0 Å². The van der Waals surface area contributed by atoms with Crippen LogP contribution in [-0.2, 0) is 21.7 Å². The largest absolute Gasteiger partial charge is 0.311 e. The molecule has 0 radical (unpaired) electrons. The van der Waals surface area contributed by atoms with E-state index in [-0.39, 0.29) is 28.4 Å². The van der Waals surface area contributed by atoms with E-state index >= 15 is 0 Å². The van der Waals surface area contributed by atoms with Gasteiger partial charge in [-0.25, -0.2) is 9.97 Å². The lowest BCUT2D eigenvalue weighted by atomic mass is 9.33. The highest BCUT2D eigenvalue weighted by Gasteiger charge is 2.45. The molecule has 11 aromatic carbocycles. The summed E-state index contributed by atoms with van der Waals surface area (Å²) in [5, 5.41) is 10.8. The van der Waals surface area contributed by atoms with E-state index in [0.29, 0.717) is 0 Å². The highest BCUT2D eigenvalue weighted by Crippen LogP contribution is 2.51. The first-order chi connectivity index (χ1) is 38.7. The standard InChI is InChI=1S/C76H69BN4/c1-73(2,3)54-27-31-58(32-28-54)80-66-43-52(69-60-23-17-18-24-65(60)78-72(79-69)53-39-56(75(7,8)9)45-57(40-53)76(10,11)12)44-67-68(66)77(63-35-25-50-37-46-19-13-15-21-48(46)41-61(50)70(63)80)64-36-26-51-38-47-20-14-16-22-49(47)42-62(51)71(64)81(67)59-33-29-55(30-34-59)74(4,5)6/h13-45H,1-12H3. The van der Waals surface area contributed by atoms with E-state index in [0.717, 1.165) is 56.3 Å². The summed E-state index contributed by atoms with van der Waals surface area (Å²) >= 11 is 0. The van der Waals surface area contributed by atoms with Crippen molar-refractivity contribution >= 4 is 111 Å². The third-order valence-corrected chi connectivity index (χ3v) is 17.5. The van der Waals surface area contributed by atoms with Crippen LogP contribution in [0.1, 0.15) is 105 Å². The van der Waals surface area contributed by atoms with E-state index in [1.165, 1.54) is 93.1 Å². The fraction of sp³-hybridized carbons (Fsp3) is 0.211. The molecular formula is C76H69BN4. The number of aromatic nitrogens is 2. The van der Waals surface area contributed by atoms with E-state index in [2.05, 4.69) is 293 Å². The molecule has 12 aromatic rings. The predicted molar refractivity (Wildman–Crippen MR) is 349 cm³/mol. The normalized spacial score (nSPS) is 13.6. The van der Waals surface area contributed by atoms with Gasteiger partial charge >= 0.3 is 0 Å². The van der Waals surface area contributed by atoms with Gasteiger partial charge in [0.2, 0.25) is 0 Å². The van der Waals surface area contributed by atoms with Crippen molar-refractivity contribution in [2.45, 2.75) is 105 Å². The van der Waals surface area contributed by atoms with Crippen LogP contribution in [0.25, 0.3) is 76.6 Å². The molecule has 81 heavy (non-hydrogen) atoms. The van der Waals surface area contributed by atoms with Crippen molar-refractivity contribution in [3.05, 3.63) is 222 Å². The molecule has 0 spiro atoms. The molecule has 5 heteroatoms. The predicted octanol–water partition coefficient (Wildman–Crippen LogP) is 18.8. The monoisotopic (exact) mass is 1050 g/mol. The molecule has 4 nitrogen and oxygen atoms in total. The molecule has 2 aliphatic heterocycles. The first-order valence-corrected chi connectivity index (χ1v) is 29.0. The minimum atomic E-state index is -0.121. The number of rotatable bonds is 4. The molecule has 0 saturated heterocycles. The second-order valence-electron chi connectivity index (χ2n) is 27.2. The van der Waals surface area contributed by atoms with Crippen molar-refractivity contribution < 1.29 is 0 Å². The third-order valence-electron chi connectivity index (χ3n) is 17.5. The Kier molecular flexibility index (Phi) is 11.3. The highest BCUT2D eigenvalue weighted by atomic mass is 15.2. The zero-order valence-electron chi connectivity index (χ0n) is 48.9. The number of fused-ring (bicyclic) bond motifs is 11. The second-order valence-corrected chi connectivity index (χ2v) is 27.2. The SMILES string of the molecule is CC(C)(C)c1ccc(N2c3cc(-c4nc(-c5cc(C(C)(C)C)cc(C(C)(C)C)c5)nc5ccccc45)cc4c3B(c3ccc5cc6ccccc6cc5c32)c2ccc3cc5ccccc5cc3c2N4c2ccc(C(C)(C)C)cc2)cc1. The summed E-state index contributed by atoms with van der Waals surface area (Å²) in [6.07, 6.45) is 0. The van der Waals surface area contributed by atoms with E-state index < -0.39 is 0 Å². The summed E-state index contributed by atoms with van der Waals surface area (Å²) < 4.78 is 0. The van der Waals surface area contributed by atoms with Crippen molar-refractivity contribution in [1.82, 2.24) is 9.97 Å². The van der Waals surface area contributed by atoms with Crippen LogP contribution in [0.4, 0.5) is 34.1 Å². The van der Waals surface area contributed by atoms with Gasteiger partial charge in [0, 0.05) is 61.4 Å². The fourth-order valence-electron chi connectivity index (χ4n) is 12.9. The van der Waals surface area contributed by atoms with Crippen LogP contribution in [0, 0.1) is 0 Å². The average Bonchev–Trinajstić information content (AvgIpc) is 3.56. The van der Waals surface area contributed by atoms with Crippen molar-refractivity contribution in [3.63, 3.8) is 0 Å². The smallest absolute Gasteiger partial charge is 0.252 e. The Balaban J connectivity index is 1.15.